The molecular formula is C14H20F2INO. The van der Waals surface area contributed by atoms with E-state index in [0.29, 0.717) is 17.4 Å². The van der Waals surface area contributed by atoms with Gasteiger partial charge < -0.3 is 28.5 Å². The van der Waals surface area contributed by atoms with Crippen LogP contribution >= 0.6 is 0 Å². The predicted octanol–water partition coefficient (Wildman–Crippen LogP) is -0.116. The minimum atomic E-state index is -0.778. The maximum absolute atomic E-state index is 13.6. The van der Waals surface area contributed by atoms with Crippen LogP contribution in [0.25, 0.3) is 0 Å². The molecule has 0 amide bonds. The van der Waals surface area contributed by atoms with Gasteiger partial charge in [0.2, 0.25) is 0 Å². The van der Waals surface area contributed by atoms with Crippen LogP contribution in [0.4, 0.5) is 8.78 Å². The van der Waals surface area contributed by atoms with Crippen LogP contribution < -0.4 is 24.0 Å². The van der Waals surface area contributed by atoms with Gasteiger partial charge in [0.15, 0.2) is 5.78 Å². The van der Waals surface area contributed by atoms with Crippen LogP contribution in [0.2, 0.25) is 0 Å². The number of ketones is 1. The normalized spacial score (nSPS) is 12.7. The van der Waals surface area contributed by atoms with Crippen molar-refractivity contribution in [2.24, 2.45) is 5.92 Å². The van der Waals surface area contributed by atoms with Gasteiger partial charge in [-0.25, -0.2) is 8.78 Å². The van der Waals surface area contributed by atoms with Gasteiger partial charge in [0.1, 0.15) is 11.6 Å². The lowest BCUT2D eigenvalue weighted by atomic mass is 9.93. The predicted molar refractivity (Wildman–Crippen MR) is 67.4 cm³/mol. The van der Waals surface area contributed by atoms with E-state index in [0.717, 1.165) is 12.1 Å². The SMILES string of the molecule is CCC(C[N+](C)(C)C)C(=O)c1c(F)cccc1F.[I-]. The van der Waals surface area contributed by atoms with Gasteiger partial charge in [-0.2, -0.15) is 0 Å². The Morgan fingerprint density at radius 2 is 1.68 bits per heavy atom. The monoisotopic (exact) mass is 383 g/mol. The molecule has 0 aliphatic rings. The van der Waals surface area contributed by atoms with Gasteiger partial charge in [0, 0.05) is 0 Å². The quantitative estimate of drug-likeness (QED) is 0.394. The van der Waals surface area contributed by atoms with Gasteiger partial charge in [0.25, 0.3) is 0 Å². The van der Waals surface area contributed by atoms with E-state index in [-0.39, 0.29) is 29.9 Å². The smallest absolute Gasteiger partial charge is 0.177 e. The zero-order valence-electron chi connectivity index (χ0n) is 11.7. The van der Waals surface area contributed by atoms with Gasteiger partial charge in [0.05, 0.1) is 39.2 Å². The van der Waals surface area contributed by atoms with Gasteiger partial charge >= 0.3 is 0 Å². The molecule has 1 atom stereocenters. The molecule has 5 heteroatoms. The van der Waals surface area contributed by atoms with Crippen LogP contribution in [0, 0.1) is 17.6 Å². The summed E-state index contributed by atoms with van der Waals surface area (Å²) in [5.41, 5.74) is -0.405. The van der Waals surface area contributed by atoms with E-state index in [9.17, 15) is 13.6 Å². The van der Waals surface area contributed by atoms with Crippen molar-refractivity contribution in [3.05, 3.63) is 35.4 Å². The second kappa shape index (κ2) is 7.28. The molecule has 0 bridgehead atoms. The summed E-state index contributed by atoms with van der Waals surface area (Å²) in [6.45, 7) is 2.42. The van der Waals surface area contributed by atoms with Crippen LogP contribution in [0.15, 0.2) is 18.2 Å². The summed E-state index contributed by atoms with van der Waals surface area (Å²) in [5.74, 6) is -2.36. The summed E-state index contributed by atoms with van der Waals surface area (Å²) in [6.07, 6.45) is 0.572. The van der Waals surface area contributed by atoms with E-state index in [4.69, 9.17) is 0 Å². The van der Waals surface area contributed by atoms with Crippen molar-refractivity contribution in [3.8, 4) is 0 Å². The standard InChI is InChI=1S/C14H20F2NO.HI/c1-5-10(9-17(2,3)4)14(18)13-11(15)7-6-8-12(13)16;/h6-8,10H,5,9H2,1-4H3;1H/q+1;/p-1. The summed E-state index contributed by atoms with van der Waals surface area (Å²) in [5, 5.41) is 0. The molecule has 0 aliphatic heterocycles. The number of carbonyl (C=O) groups is 1. The highest BCUT2D eigenvalue weighted by Crippen LogP contribution is 2.20. The lowest BCUT2D eigenvalue weighted by Gasteiger charge is -2.28. The molecule has 0 aromatic heterocycles. The second-order valence-electron chi connectivity index (χ2n) is 5.54. The number of hydrogen-bond donors (Lipinski definition) is 0. The van der Waals surface area contributed by atoms with Gasteiger partial charge in [-0.3, -0.25) is 4.79 Å². The number of benzene rings is 1. The summed E-state index contributed by atoms with van der Waals surface area (Å²) < 4.78 is 27.7. The van der Waals surface area contributed by atoms with Crippen LogP contribution in [-0.2, 0) is 0 Å². The average Bonchev–Trinajstić information content (AvgIpc) is 2.24. The Hall–Kier alpha value is -0.560. The molecule has 0 N–H and O–H groups in total. The minimum Gasteiger partial charge on any atom is -1.00 e. The molecule has 2 nitrogen and oxygen atoms in total. The number of carbonyl (C=O) groups excluding carboxylic acids is 1. The van der Waals surface area contributed by atoms with Gasteiger partial charge in [-0.1, -0.05) is 13.0 Å². The van der Waals surface area contributed by atoms with E-state index in [1.54, 1.807) is 0 Å². The molecule has 0 radical (unpaired) electrons. The Kier molecular flexibility index (Phi) is 7.07. The number of rotatable bonds is 5. The molecule has 0 fully saturated rings. The van der Waals surface area contributed by atoms with Gasteiger partial charge in [-0.05, 0) is 18.6 Å². The summed E-state index contributed by atoms with van der Waals surface area (Å²) in [4.78, 5) is 12.2. The fourth-order valence-corrected chi connectivity index (χ4v) is 2.00. The third kappa shape index (κ3) is 5.14. The third-order valence-corrected chi connectivity index (χ3v) is 2.84. The van der Waals surface area contributed by atoms with Crippen molar-refractivity contribution in [3.63, 3.8) is 0 Å². The zero-order valence-corrected chi connectivity index (χ0v) is 13.9. The fraction of sp³-hybridized carbons (Fsp3) is 0.500. The van der Waals surface area contributed by atoms with E-state index < -0.39 is 23.0 Å². The molecule has 1 unspecified atom stereocenters. The molecule has 1 aromatic carbocycles. The number of halogens is 3. The Morgan fingerprint density at radius 1 is 1.21 bits per heavy atom. The Morgan fingerprint density at radius 3 is 2.05 bits per heavy atom. The van der Waals surface area contributed by atoms with Crippen LogP contribution in [0.5, 0.6) is 0 Å². The first-order valence-electron chi connectivity index (χ1n) is 6.05. The number of hydrogen-bond acceptors (Lipinski definition) is 1. The maximum atomic E-state index is 13.6. The van der Waals surface area contributed by atoms with Crippen molar-refractivity contribution in [2.75, 3.05) is 27.7 Å². The molecule has 0 saturated heterocycles. The topological polar surface area (TPSA) is 17.1 Å². The largest absolute Gasteiger partial charge is 1.00 e. The summed E-state index contributed by atoms with van der Waals surface area (Å²) in [6, 6.07) is 3.51. The molecule has 0 aliphatic carbocycles. The molecular weight excluding hydrogens is 363 g/mol. The van der Waals surface area contributed by atoms with Gasteiger partial charge in [-0.15, -0.1) is 0 Å². The summed E-state index contributed by atoms with van der Waals surface area (Å²) in [7, 11) is 5.86. The van der Waals surface area contributed by atoms with Crippen molar-refractivity contribution >= 4 is 5.78 Å². The Bertz CT molecular complexity index is 423. The molecule has 0 spiro atoms. The molecule has 1 aromatic rings. The third-order valence-electron chi connectivity index (χ3n) is 2.84. The first-order chi connectivity index (χ1) is 8.26. The Labute approximate surface area is 130 Å². The van der Waals surface area contributed by atoms with Crippen molar-refractivity contribution in [2.45, 2.75) is 13.3 Å². The van der Waals surface area contributed by atoms with Crippen molar-refractivity contribution < 1.29 is 42.0 Å². The highest BCUT2D eigenvalue weighted by Gasteiger charge is 2.28. The number of Topliss-reactive ketones (excluding diaryl/α,β-unsaturated/α-hetero) is 1. The molecule has 0 saturated carbocycles. The highest BCUT2D eigenvalue weighted by molar-refractivity contribution is 5.98. The van der Waals surface area contributed by atoms with E-state index in [1.165, 1.54) is 6.07 Å². The Balaban J connectivity index is 0.00000324. The first kappa shape index (κ1) is 18.4. The first-order valence-corrected chi connectivity index (χ1v) is 6.05. The van der Waals surface area contributed by atoms with Crippen LogP contribution in [0.3, 0.4) is 0 Å². The molecule has 19 heavy (non-hydrogen) atoms. The van der Waals surface area contributed by atoms with E-state index in [1.807, 2.05) is 28.1 Å². The van der Waals surface area contributed by atoms with Crippen LogP contribution in [-0.4, -0.2) is 38.0 Å². The lowest BCUT2D eigenvalue weighted by molar-refractivity contribution is -0.872. The zero-order chi connectivity index (χ0) is 13.9. The number of nitrogens with zero attached hydrogens (tertiary/aromatic N) is 1. The lowest BCUT2D eigenvalue weighted by Crippen LogP contribution is -3.00. The highest BCUT2D eigenvalue weighted by atomic mass is 127. The second-order valence-corrected chi connectivity index (χ2v) is 5.54. The van der Waals surface area contributed by atoms with E-state index in [2.05, 4.69) is 0 Å². The van der Waals surface area contributed by atoms with Crippen LogP contribution in [0.1, 0.15) is 23.7 Å². The number of quaternary nitrogens is 1. The van der Waals surface area contributed by atoms with E-state index >= 15 is 0 Å². The maximum Gasteiger partial charge on any atom is 0.177 e. The fourth-order valence-electron chi connectivity index (χ4n) is 2.00. The molecule has 0 heterocycles. The molecule has 1 rings (SSSR count). The summed E-state index contributed by atoms with van der Waals surface area (Å²) >= 11 is 0. The molecule has 108 valence electrons. The van der Waals surface area contributed by atoms with Crippen molar-refractivity contribution in [1.29, 1.82) is 0 Å². The average molecular weight is 383 g/mol. The van der Waals surface area contributed by atoms with Crippen molar-refractivity contribution in [1.82, 2.24) is 0 Å². The minimum absolute atomic E-state index is 0.